The van der Waals surface area contributed by atoms with Crippen molar-refractivity contribution >= 4 is 21.2 Å². The van der Waals surface area contributed by atoms with Crippen molar-refractivity contribution in [2.45, 2.75) is 19.4 Å². The minimum absolute atomic E-state index is 0.261. The van der Waals surface area contributed by atoms with E-state index < -0.39 is 9.84 Å². The quantitative estimate of drug-likeness (QED) is 0.829. The molecule has 2 rings (SSSR count). The van der Waals surface area contributed by atoms with Crippen molar-refractivity contribution in [3.63, 3.8) is 0 Å². The zero-order chi connectivity index (χ0) is 11.8. The van der Waals surface area contributed by atoms with E-state index in [4.69, 9.17) is 0 Å². The lowest BCUT2D eigenvalue weighted by Gasteiger charge is -2.33. The molecule has 1 aromatic heterocycles. The molecule has 16 heavy (non-hydrogen) atoms. The summed E-state index contributed by atoms with van der Waals surface area (Å²) < 4.78 is 22.3. The predicted molar refractivity (Wildman–Crippen MR) is 67.7 cm³/mol. The van der Waals surface area contributed by atoms with Gasteiger partial charge in [0.25, 0.3) is 0 Å². The molecule has 0 aliphatic carbocycles. The zero-order valence-corrected chi connectivity index (χ0v) is 11.3. The standard InChI is InChI=1S/C11H17NO2S2/c1-9-10-4-7-15-11(10)3-5-12(9)6-8-16(2,13)14/h4,7,9H,3,5-6,8H2,1-2H3. The van der Waals surface area contributed by atoms with Gasteiger partial charge in [-0.1, -0.05) is 0 Å². The van der Waals surface area contributed by atoms with Gasteiger partial charge in [-0.2, -0.15) is 0 Å². The Balaban J connectivity index is 2.05. The molecular weight excluding hydrogens is 242 g/mol. The Kier molecular flexibility index (Phi) is 3.37. The summed E-state index contributed by atoms with van der Waals surface area (Å²) in [4.78, 5) is 3.72. The minimum atomic E-state index is -2.85. The van der Waals surface area contributed by atoms with Gasteiger partial charge < -0.3 is 0 Å². The maximum Gasteiger partial charge on any atom is 0.148 e. The number of sulfone groups is 1. The molecule has 2 heterocycles. The molecule has 5 heteroatoms. The van der Waals surface area contributed by atoms with Gasteiger partial charge in [0.15, 0.2) is 0 Å². The van der Waals surface area contributed by atoms with Crippen LogP contribution in [0.3, 0.4) is 0 Å². The third-order valence-electron chi connectivity index (χ3n) is 3.15. The molecule has 0 amide bonds. The highest BCUT2D eigenvalue weighted by Gasteiger charge is 2.24. The third-order valence-corrected chi connectivity index (χ3v) is 5.07. The van der Waals surface area contributed by atoms with Gasteiger partial charge in [-0.15, -0.1) is 11.3 Å². The van der Waals surface area contributed by atoms with Crippen molar-refractivity contribution < 1.29 is 8.42 Å². The lowest BCUT2D eigenvalue weighted by atomic mass is 10.0. The minimum Gasteiger partial charge on any atom is -0.295 e. The van der Waals surface area contributed by atoms with Gasteiger partial charge in [-0.05, 0) is 30.4 Å². The number of hydrogen-bond donors (Lipinski definition) is 0. The van der Waals surface area contributed by atoms with E-state index in [1.807, 2.05) is 11.3 Å². The maximum atomic E-state index is 11.2. The summed E-state index contributed by atoms with van der Waals surface area (Å²) in [6, 6.07) is 2.52. The van der Waals surface area contributed by atoms with Crippen LogP contribution in [0.1, 0.15) is 23.4 Å². The maximum absolute atomic E-state index is 11.2. The largest absolute Gasteiger partial charge is 0.295 e. The topological polar surface area (TPSA) is 37.4 Å². The van der Waals surface area contributed by atoms with Gasteiger partial charge in [0.1, 0.15) is 9.84 Å². The zero-order valence-electron chi connectivity index (χ0n) is 9.64. The van der Waals surface area contributed by atoms with Crippen molar-refractivity contribution in [3.8, 4) is 0 Å². The van der Waals surface area contributed by atoms with Crippen LogP contribution < -0.4 is 0 Å². The molecule has 1 aromatic rings. The molecule has 1 atom stereocenters. The number of thiophene rings is 1. The van der Waals surface area contributed by atoms with Gasteiger partial charge in [0.2, 0.25) is 0 Å². The van der Waals surface area contributed by atoms with Crippen LogP contribution in [0.2, 0.25) is 0 Å². The van der Waals surface area contributed by atoms with E-state index in [1.54, 1.807) is 0 Å². The monoisotopic (exact) mass is 259 g/mol. The average molecular weight is 259 g/mol. The summed E-state index contributed by atoms with van der Waals surface area (Å²) in [6.45, 7) is 3.78. The lowest BCUT2D eigenvalue weighted by Crippen LogP contribution is -2.36. The second-order valence-corrected chi connectivity index (χ2v) is 7.65. The first-order chi connectivity index (χ1) is 7.47. The molecule has 90 valence electrons. The highest BCUT2D eigenvalue weighted by Crippen LogP contribution is 2.32. The second-order valence-electron chi connectivity index (χ2n) is 4.39. The Morgan fingerprint density at radius 2 is 2.31 bits per heavy atom. The summed E-state index contributed by atoms with van der Waals surface area (Å²) in [6.07, 6.45) is 2.36. The van der Waals surface area contributed by atoms with Crippen LogP contribution in [-0.2, 0) is 16.3 Å². The second kappa shape index (κ2) is 4.47. The van der Waals surface area contributed by atoms with Gasteiger partial charge in [0, 0.05) is 30.3 Å². The van der Waals surface area contributed by atoms with Crippen LogP contribution in [0.15, 0.2) is 11.4 Å². The SMILES string of the molecule is CC1c2ccsc2CCN1CCS(C)(=O)=O. The first-order valence-corrected chi connectivity index (χ1v) is 8.39. The Hall–Kier alpha value is -0.390. The summed E-state index contributed by atoms with van der Waals surface area (Å²) in [5, 5.41) is 2.13. The number of nitrogens with zero attached hydrogens (tertiary/aromatic N) is 1. The molecule has 0 spiro atoms. The van der Waals surface area contributed by atoms with Crippen molar-refractivity contribution in [3.05, 3.63) is 21.9 Å². The van der Waals surface area contributed by atoms with Crippen molar-refractivity contribution in [1.82, 2.24) is 4.90 Å². The molecule has 1 unspecified atom stereocenters. The summed E-state index contributed by atoms with van der Waals surface area (Å²) in [5.41, 5.74) is 1.38. The van der Waals surface area contributed by atoms with Crippen molar-refractivity contribution in [2.75, 3.05) is 25.1 Å². The fourth-order valence-corrected chi connectivity index (χ4v) is 3.68. The number of fused-ring (bicyclic) bond motifs is 1. The third kappa shape index (κ3) is 2.64. The lowest BCUT2D eigenvalue weighted by molar-refractivity contribution is 0.212. The Bertz CT molecular complexity index is 464. The van der Waals surface area contributed by atoms with E-state index >= 15 is 0 Å². The summed E-state index contributed by atoms with van der Waals surface area (Å²) in [7, 11) is -2.85. The van der Waals surface area contributed by atoms with Gasteiger partial charge in [-0.25, -0.2) is 8.42 Å². The molecule has 0 saturated heterocycles. The molecule has 0 N–H and O–H groups in total. The van der Waals surface area contributed by atoms with E-state index in [1.165, 1.54) is 16.7 Å². The van der Waals surface area contributed by atoms with Gasteiger partial charge >= 0.3 is 0 Å². The fourth-order valence-electron chi connectivity index (χ4n) is 2.15. The number of hydrogen-bond acceptors (Lipinski definition) is 4. The van der Waals surface area contributed by atoms with E-state index in [9.17, 15) is 8.42 Å². The molecule has 1 aliphatic rings. The fraction of sp³-hybridized carbons (Fsp3) is 0.636. The molecule has 3 nitrogen and oxygen atoms in total. The van der Waals surface area contributed by atoms with E-state index in [0.717, 1.165) is 13.0 Å². The van der Waals surface area contributed by atoms with Gasteiger partial charge in [0.05, 0.1) is 5.75 Å². The molecule has 0 aromatic carbocycles. The van der Waals surface area contributed by atoms with Crippen LogP contribution in [0.25, 0.3) is 0 Å². The smallest absolute Gasteiger partial charge is 0.148 e. The molecule has 0 bridgehead atoms. The first-order valence-electron chi connectivity index (χ1n) is 5.45. The summed E-state index contributed by atoms with van der Waals surface area (Å²) in [5.74, 6) is 0.261. The van der Waals surface area contributed by atoms with Crippen LogP contribution >= 0.6 is 11.3 Å². The Labute approximate surface area is 101 Å². The van der Waals surface area contributed by atoms with Crippen molar-refractivity contribution in [2.24, 2.45) is 0 Å². The first kappa shape index (κ1) is 12.1. The Morgan fingerprint density at radius 1 is 1.56 bits per heavy atom. The van der Waals surface area contributed by atoms with E-state index in [2.05, 4.69) is 23.3 Å². The molecule has 0 saturated carbocycles. The predicted octanol–water partition coefficient (Wildman–Crippen LogP) is 1.71. The van der Waals surface area contributed by atoms with Crippen LogP contribution in [0.5, 0.6) is 0 Å². The van der Waals surface area contributed by atoms with E-state index in [0.29, 0.717) is 12.6 Å². The van der Waals surface area contributed by atoms with Crippen LogP contribution in [0, 0.1) is 0 Å². The highest BCUT2D eigenvalue weighted by atomic mass is 32.2. The van der Waals surface area contributed by atoms with Crippen LogP contribution in [-0.4, -0.2) is 38.4 Å². The normalized spacial score (nSPS) is 22.0. The molecule has 0 radical (unpaired) electrons. The summed E-state index contributed by atoms with van der Waals surface area (Å²) >= 11 is 1.81. The molecule has 0 fully saturated rings. The van der Waals surface area contributed by atoms with Gasteiger partial charge in [-0.3, -0.25) is 4.90 Å². The van der Waals surface area contributed by atoms with E-state index in [-0.39, 0.29) is 5.75 Å². The average Bonchev–Trinajstić information content (AvgIpc) is 2.64. The molecule has 1 aliphatic heterocycles. The number of rotatable bonds is 3. The molecular formula is C11H17NO2S2. The highest BCUT2D eigenvalue weighted by molar-refractivity contribution is 7.90. The van der Waals surface area contributed by atoms with Crippen LogP contribution in [0.4, 0.5) is 0 Å². The van der Waals surface area contributed by atoms with Crippen molar-refractivity contribution in [1.29, 1.82) is 0 Å². The Morgan fingerprint density at radius 3 is 3.00 bits per heavy atom.